The highest BCUT2D eigenvalue weighted by atomic mass is 16.6. The molecule has 2 aromatic carbocycles. The van der Waals surface area contributed by atoms with Crippen molar-refractivity contribution in [2.24, 2.45) is 0 Å². The lowest BCUT2D eigenvalue weighted by molar-refractivity contribution is -0.384. The van der Waals surface area contributed by atoms with Crippen molar-refractivity contribution in [2.45, 2.75) is 0 Å². The zero-order valence-electron chi connectivity index (χ0n) is 16.4. The quantitative estimate of drug-likeness (QED) is 0.359. The van der Waals surface area contributed by atoms with Crippen molar-refractivity contribution in [1.29, 1.82) is 0 Å². The maximum absolute atomic E-state index is 12.6. The number of nitro groups is 1. The predicted octanol–water partition coefficient (Wildman–Crippen LogP) is 3.68. The zero-order valence-corrected chi connectivity index (χ0v) is 16.4. The van der Waals surface area contributed by atoms with Crippen molar-refractivity contribution in [2.75, 3.05) is 19.5 Å². The number of ether oxygens (including phenoxy) is 2. The Morgan fingerprint density at radius 3 is 2.16 bits per heavy atom. The molecule has 0 radical (unpaired) electrons. The second-order valence-corrected chi connectivity index (χ2v) is 6.21. The summed E-state index contributed by atoms with van der Waals surface area (Å²) in [6.07, 6.45) is 0. The van der Waals surface area contributed by atoms with Crippen molar-refractivity contribution in [3.8, 4) is 11.3 Å². The molecule has 158 valence electrons. The van der Waals surface area contributed by atoms with Crippen LogP contribution < -0.4 is 5.32 Å². The number of carbonyl (C=O) groups excluding carboxylic acids is 3. The number of hydrogen-bond donors (Lipinski definition) is 1. The Morgan fingerprint density at radius 2 is 1.58 bits per heavy atom. The van der Waals surface area contributed by atoms with Crippen molar-refractivity contribution in [3.05, 3.63) is 81.6 Å². The average molecular weight is 424 g/mol. The highest BCUT2D eigenvalue weighted by Gasteiger charge is 2.18. The third-order valence-corrected chi connectivity index (χ3v) is 4.20. The van der Waals surface area contributed by atoms with Gasteiger partial charge in [-0.25, -0.2) is 9.59 Å². The molecule has 0 bridgehead atoms. The van der Waals surface area contributed by atoms with E-state index in [0.717, 1.165) is 0 Å². The van der Waals surface area contributed by atoms with Crippen LogP contribution in [0.25, 0.3) is 11.3 Å². The van der Waals surface area contributed by atoms with Crippen LogP contribution in [0.5, 0.6) is 0 Å². The maximum atomic E-state index is 12.6. The number of non-ortho nitro benzene ring substituents is 1. The molecule has 0 aliphatic heterocycles. The minimum Gasteiger partial charge on any atom is -0.465 e. The summed E-state index contributed by atoms with van der Waals surface area (Å²) < 4.78 is 14.8. The third-order valence-electron chi connectivity index (χ3n) is 4.20. The molecule has 0 saturated heterocycles. The van der Waals surface area contributed by atoms with Gasteiger partial charge in [0.05, 0.1) is 30.3 Å². The zero-order chi connectivity index (χ0) is 22.5. The Morgan fingerprint density at radius 1 is 0.935 bits per heavy atom. The molecule has 3 rings (SSSR count). The lowest BCUT2D eigenvalue weighted by Crippen LogP contribution is -2.13. The van der Waals surface area contributed by atoms with Crippen molar-refractivity contribution < 1.29 is 33.2 Å². The van der Waals surface area contributed by atoms with Gasteiger partial charge in [-0.3, -0.25) is 14.9 Å². The van der Waals surface area contributed by atoms with E-state index in [2.05, 4.69) is 14.8 Å². The molecule has 10 heteroatoms. The van der Waals surface area contributed by atoms with Crippen LogP contribution in [-0.4, -0.2) is 37.0 Å². The lowest BCUT2D eigenvalue weighted by atomic mass is 10.1. The summed E-state index contributed by atoms with van der Waals surface area (Å²) in [5.41, 5.74) is 0.528. The summed E-state index contributed by atoms with van der Waals surface area (Å²) in [4.78, 5) is 46.7. The molecule has 0 unspecified atom stereocenters. The van der Waals surface area contributed by atoms with Crippen molar-refractivity contribution in [1.82, 2.24) is 0 Å². The fourth-order valence-electron chi connectivity index (χ4n) is 2.75. The van der Waals surface area contributed by atoms with Gasteiger partial charge in [-0.15, -0.1) is 0 Å². The predicted molar refractivity (Wildman–Crippen MR) is 108 cm³/mol. The molecule has 0 spiro atoms. The van der Waals surface area contributed by atoms with Crippen LogP contribution in [0, 0.1) is 10.1 Å². The summed E-state index contributed by atoms with van der Waals surface area (Å²) in [7, 11) is 2.37. The van der Waals surface area contributed by atoms with E-state index in [1.807, 2.05) is 0 Å². The summed E-state index contributed by atoms with van der Waals surface area (Å²) in [5, 5.41) is 13.5. The van der Waals surface area contributed by atoms with E-state index >= 15 is 0 Å². The highest BCUT2D eigenvalue weighted by molar-refractivity contribution is 6.04. The molecule has 0 atom stereocenters. The second-order valence-electron chi connectivity index (χ2n) is 6.21. The summed E-state index contributed by atoms with van der Waals surface area (Å²) >= 11 is 0. The first kappa shape index (κ1) is 21.2. The molecule has 0 fully saturated rings. The van der Waals surface area contributed by atoms with Crippen LogP contribution in [0.4, 0.5) is 11.4 Å². The summed E-state index contributed by atoms with van der Waals surface area (Å²) in [6.45, 7) is 0. The molecule has 1 heterocycles. The van der Waals surface area contributed by atoms with E-state index in [0.29, 0.717) is 5.56 Å². The number of rotatable bonds is 6. The fourth-order valence-corrected chi connectivity index (χ4v) is 2.75. The Kier molecular flexibility index (Phi) is 6.10. The van der Waals surface area contributed by atoms with E-state index in [9.17, 15) is 24.5 Å². The van der Waals surface area contributed by atoms with Crippen LogP contribution in [0.2, 0.25) is 0 Å². The minimum absolute atomic E-state index is 0.0393. The van der Waals surface area contributed by atoms with Gasteiger partial charge in [0.25, 0.3) is 11.6 Å². The number of carbonyl (C=O) groups is 3. The topological polar surface area (TPSA) is 138 Å². The maximum Gasteiger partial charge on any atom is 0.337 e. The third kappa shape index (κ3) is 4.75. The lowest BCUT2D eigenvalue weighted by Gasteiger charge is -2.08. The highest BCUT2D eigenvalue weighted by Crippen LogP contribution is 2.26. The average Bonchev–Trinajstić information content (AvgIpc) is 3.28. The van der Waals surface area contributed by atoms with Gasteiger partial charge < -0.3 is 19.2 Å². The smallest absolute Gasteiger partial charge is 0.337 e. The first-order valence-electron chi connectivity index (χ1n) is 8.80. The summed E-state index contributed by atoms with van der Waals surface area (Å²) in [5.74, 6) is -1.88. The molecule has 0 aliphatic carbocycles. The molecular formula is C21H16N2O8. The number of nitro benzene ring substituents is 1. The second kappa shape index (κ2) is 8.91. The number of amides is 1. The minimum atomic E-state index is -0.702. The first-order valence-corrected chi connectivity index (χ1v) is 8.80. The fraction of sp³-hybridized carbons (Fsp3) is 0.0952. The Bertz CT molecular complexity index is 1150. The number of nitrogens with zero attached hydrogens (tertiary/aromatic N) is 1. The molecule has 3 aromatic rings. The van der Waals surface area contributed by atoms with Gasteiger partial charge in [-0.2, -0.15) is 0 Å². The van der Waals surface area contributed by atoms with Gasteiger partial charge in [0, 0.05) is 23.4 Å². The Hall–Kier alpha value is -4.47. The van der Waals surface area contributed by atoms with Crippen LogP contribution >= 0.6 is 0 Å². The molecule has 10 nitrogen and oxygen atoms in total. The number of hydrogen-bond acceptors (Lipinski definition) is 8. The number of esters is 2. The molecule has 0 saturated carbocycles. The normalized spacial score (nSPS) is 10.3. The van der Waals surface area contributed by atoms with Crippen LogP contribution in [0.3, 0.4) is 0 Å². The number of nitrogens with one attached hydrogen (secondary N) is 1. The van der Waals surface area contributed by atoms with Gasteiger partial charge in [0.1, 0.15) is 5.76 Å². The van der Waals surface area contributed by atoms with Gasteiger partial charge in [-0.1, -0.05) is 12.1 Å². The standard InChI is InChI=1S/C21H16N2O8/c1-29-20(25)13-8-14(21(26)30-2)10-15(9-13)22-19(24)18-7-6-17(31-18)12-4-3-5-16(11-12)23(27)28/h3-11H,1-2H3,(H,22,24). The van der Waals surface area contributed by atoms with Crippen LogP contribution in [-0.2, 0) is 9.47 Å². The number of furan rings is 1. The van der Waals surface area contributed by atoms with Gasteiger partial charge in [0.2, 0.25) is 0 Å². The van der Waals surface area contributed by atoms with Crippen molar-refractivity contribution >= 4 is 29.2 Å². The number of benzene rings is 2. The van der Waals surface area contributed by atoms with E-state index in [4.69, 9.17) is 4.42 Å². The number of anilines is 1. The van der Waals surface area contributed by atoms with Crippen LogP contribution in [0.1, 0.15) is 31.3 Å². The molecular weight excluding hydrogens is 408 g/mol. The molecule has 1 N–H and O–H groups in total. The van der Waals surface area contributed by atoms with E-state index in [1.165, 1.54) is 62.8 Å². The van der Waals surface area contributed by atoms with Gasteiger partial charge >= 0.3 is 11.9 Å². The molecule has 0 aliphatic rings. The van der Waals surface area contributed by atoms with E-state index in [1.54, 1.807) is 6.07 Å². The monoisotopic (exact) mass is 424 g/mol. The first-order chi connectivity index (χ1) is 14.8. The Balaban J connectivity index is 1.87. The van der Waals surface area contributed by atoms with Gasteiger partial charge in [0.15, 0.2) is 5.76 Å². The van der Waals surface area contributed by atoms with Gasteiger partial charge in [-0.05, 0) is 30.3 Å². The largest absolute Gasteiger partial charge is 0.465 e. The number of methoxy groups -OCH3 is 2. The molecule has 31 heavy (non-hydrogen) atoms. The van der Waals surface area contributed by atoms with E-state index < -0.39 is 22.8 Å². The van der Waals surface area contributed by atoms with Crippen molar-refractivity contribution in [3.63, 3.8) is 0 Å². The van der Waals surface area contributed by atoms with E-state index in [-0.39, 0.29) is 34.0 Å². The Labute approximate surface area is 175 Å². The summed E-state index contributed by atoms with van der Waals surface area (Å²) in [6, 6.07) is 12.6. The molecule has 1 aromatic heterocycles. The SMILES string of the molecule is COC(=O)c1cc(NC(=O)c2ccc(-c3cccc([N+](=O)[O-])c3)o2)cc(C(=O)OC)c1. The molecule has 1 amide bonds. The van der Waals surface area contributed by atoms with Crippen LogP contribution in [0.15, 0.2) is 59.0 Å².